The van der Waals surface area contributed by atoms with Crippen molar-refractivity contribution in [3.8, 4) is 17.5 Å². The van der Waals surface area contributed by atoms with E-state index in [-0.39, 0.29) is 22.9 Å². The minimum atomic E-state index is -0.344. The molecular formula is C25H19N4O2+. The van der Waals surface area contributed by atoms with Crippen LogP contribution in [0.1, 0.15) is 34.3 Å². The number of carbonyl (C=O) groups is 1. The molecule has 0 saturated heterocycles. The van der Waals surface area contributed by atoms with Crippen LogP contribution in [0.4, 0.5) is 0 Å². The Kier molecular flexibility index (Phi) is 4.77. The normalized spacial score (nSPS) is 12.8. The zero-order valence-corrected chi connectivity index (χ0v) is 16.6. The Balaban J connectivity index is 1.61. The summed E-state index contributed by atoms with van der Waals surface area (Å²) in [6.07, 6.45) is 8.79. The van der Waals surface area contributed by atoms with Crippen molar-refractivity contribution >= 4 is 16.9 Å². The Labute approximate surface area is 178 Å². The number of rotatable bonds is 3. The number of pyridine rings is 3. The molecule has 4 aromatic rings. The number of nitrogens with one attached hydrogen (secondary N) is 2. The molecule has 31 heavy (non-hydrogen) atoms. The van der Waals surface area contributed by atoms with Gasteiger partial charge in [-0.25, -0.2) is 9.97 Å². The van der Waals surface area contributed by atoms with E-state index in [1.807, 2.05) is 48.8 Å². The van der Waals surface area contributed by atoms with Gasteiger partial charge in [0, 0.05) is 35.8 Å². The van der Waals surface area contributed by atoms with Crippen LogP contribution >= 0.6 is 0 Å². The van der Waals surface area contributed by atoms with E-state index in [1.54, 1.807) is 29.1 Å². The van der Waals surface area contributed by atoms with Crippen molar-refractivity contribution < 1.29 is 9.78 Å². The molecule has 1 amide bonds. The first-order valence-corrected chi connectivity index (χ1v) is 10.1. The third kappa shape index (κ3) is 3.94. The summed E-state index contributed by atoms with van der Waals surface area (Å²) in [4.78, 5) is 33.1. The highest BCUT2D eigenvalue weighted by molar-refractivity contribution is 5.97. The molecule has 2 N–H and O–H groups in total. The smallest absolute Gasteiger partial charge is 0.257 e. The van der Waals surface area contributed by atoms with Crippen LogP contribution in [0.25, 0.3) is 16.7 Å². The Morgan fingerprint density at radius 3 is 2.74 bits per heavy atom. The molecule has 1 aromatic carbocycles. The molecule has 0 radical (unpaired) electrons. The van der Waals surface area contributed by atoms with E-state index in [2.05, 4.69) is 27.1 Å². The Hall–Kier alpha value is -4.24. The van der Waals surface area contributed by atoms with Gasteiger partial charge >= 0.3 is 0 Å². The number of hydrogen-bond acceptors (Lipinski definition) is 3. The number of H-pyrrole nitrogens is 1. The maximum Gasteiger partial charge on any atom is 0.257 e. The second-order valence-electron chi connectivity index (χ2n) is 7.46. The summed E-state index contributed by atoms with van der Waals surface area (Å²) in [5.74, 6) is 5.94. The first-order valence-electron chi connectivity index (χ1n) is 10.1. The van der Waals surface area contributed by atoms with Crippen molar-refractivity contribution in [3.63, 3.8) is 0 Å². The molecule has 3 heterocycles. The van der Waals surface area contributed by atoms with E-state index in [1.165, 1.54) is 0 Å². The molecule has 150 valence electrons. The number of benzene rings is 1. The monoisotopic (exact) mass is 407 g/mol. The minimum Gasteiger partial charge on any atom is -0.349 e. The molecule has 1 aliphatic rings. The summed E-state index contributed by atoms with van der Waals surface area (Å²) >= 11 is 0. The van der Waals surface area contributed by atoms with E-state index in [0.29, 0.717) is 11.0 Å². The fourth-order valence-electron chi connectivity index (χ4n) is 3.36. The molecular weight excluding hydrogens is 388 g/mol. The molecule has 3 aromatic heterocycles. The number of nitrogens with zero attached hydrogens (tertiary/aromatic N) is 2. The maximum atomic E-state index is 12.9. The van der Waals surface area contributed by atoms with Crippen molar-refractivity contribution in [1.82, 2.24) is 14.9 Å². The van der Waals surface area contributed by atoms with E-state index >= 15 is 0 Å². The van der Waals surface area contributed by atoms with Gasteiger partial charge in [0.25, 0.3) is 5.91 Å². The predicted octanol–water partition coefficient (Wildman–Crippen LogP) is 2.49. The zero-order chi connectivity index (χ0) is 21.2. The molecule has 5 rings (SSSR count). The van der Waals surface area contributed by atoms with Gasteiger partial charge in [-0.05, 0) is 49.2 Å². The number of amides is 1. The second-order valence-corrected chi connectivity index (χ2v) is 7.46. The summed E-state index contributed by atoms with van der Waals surface area (Å²) in [5.41, 5.74) is 2.77. The first-order chi connectivity index (χ1) is 15.2. The summed E-state index contributed by atoms with van der Waals surface area (Å²) in [5, 5.41) is 3.31. The fraction of sp³-hybridized carbons (Fsp3) is 0.120. The molecule has 1 aliphatic carbocycles. The van der Waals surface area contributed by atoms with Crippen molar-refractivity contribution in [3.05, 3.63) is 100 Å². The lowest BCUT2D eigenvalue weighted by Gasteiger charge is -2.13. The van der Waals surface area contributed by atoms with Crippen LogP contribution in [0, 0.1) is 11.8 Å². The third-order valence-corrected chi connectivity index (χ3v) is 5.10. The average molecular weight is 407 g/mol. The van der Waals surface area contributed by atoms with Gasteiger partial charge in [-0.15, -0.1) is 0 Å². The SMILES string of the molecule is O=C(NC1CC1)c1cn(-c2cccc(C#Cc3ccc[nH+]c3)c2)c2ncccc2c1=O. The van der Waals surface area contributed by atoms with Gasteiger partial charge < -0.3 is 9.88 Å². The van der Waals surface area contributed by atoms with E-state index in [0.717, 1.165) is 29.7 Å². The topological polar surface area (TPSA) is 78.1 Å². The number of hydrogen-bond donors (Lipinski definition) is 1. The van der Waals surface area contributed by atoms with Crippen molar-refractivity contribution in [1.29, 1.82) is 0 Å². The molecule has 0 unspecified atom stereocenters. The number of fused-ring (bicyclic) bond motifs is 1. The Morgan fingerprint density at radius 1 is 1.10 bits per heavy atom. The molecule has 1 fully saturated rings. The van der Waals surface area contributed by atoms with Crippen LogP contribution in [0.15, 0.2) is 78.1 Å². The largest absolute Gasteiger partial charge is 0.349 e. The van der Waals surface area contributed by atoms with E-state index in [9.17, 15) is 9.59 Å². The number of aromatic amines is 1. The highest BCUT2D eigenvalue weighted by Crippen LogP contribution is 2.20. The Bertz CT molecular complexity index is 1410. The van der Waals surface area contributed by atoms with Crippen LogP contribution in [0.5, 0.6) is 0 Å². The molecule has 0 atom stereocenters. The first kappa shape index (κ1) is 18.8. The summed E-state index contributed by atoms with van der Waals surface area (Å²) in [6, 6.07) is 15.0. The third-order valence-electron chi connectivity index (χ3n) is 5.10. The predicted molar refractivity (Wildman–Crippen MR) is 117 cm³/mol. The van der Waals surface area contributed by atoms with E-state index in [4.69, 9.17) is 0 Å². The minimum absolute atomic E-state index is 0.115. The molecule has 0 spiro atoms. The highest BCUT2D eigenvalue weighted by Gasteiger charge is 2.26. The molecule has 0 aliphatic heterocycles. The van der Waals surface area contributed by atoms with Gasteiger partial charge in [-0.1, -0.05) is 17.9 Å². The summed E-state index contributed by atoms with van der Waals surface area (Å²) in [7, 11) is 0. The van der Waals surface area contributed by atoms with Crippen LogP contribution in [0.3, 0.4) is 0 Å². The van der Waals surface area contributed by atoms with Gasteiger partial charge in [0.05, 0.1) is 10.9 Å². The highest BCUT2D eigenvalue weighted by atomic mass is 16.2. The fourth-order valence-corrected chi connectivity index (χ4v) is 3.36. The maximum absolute atomic E-state index is 12.9. The summed E-state index contributed by atoms with van der Waals surface area (Å²) in [6.45, 7) is 0. The van der Waals surface area contributed by atoms with Crippen LogP contribution < -0.4 is 15.7 Å². The number of carbonyl (C=O) groups excluding carboxylic acids is 1. The van der Waals surface area contributed by atoms with Crippen LogP contribution in [-0.4, -0.2) is 21.5 Å². The van der Waals surface area contributed by atoms with Gasteiger partial charge in [0.1, 0.15) is 11.2 Å². The molecule has 0 bridgehead atoms. The van der Waals surface area contributed by atoms with Crippen LogP contribution in [-0.2, 0) is 0 Å². The van der Waals surface area contributed by atoms with Gasteiger partial charge in [0.2, 0.25) is 5.43 Å². The standard InChI is InChI=1S/C25H18N4O2/c30-23-21-7-3-13-27-24(21)29(16-22(23)25(31)28-19-10-11-19)20-6-1-4-17(14-20)8-9-18-5-2-12-26-15-18/h1-7,12-16,19H,10-11H2,(H,28,31)/p+1. The lowest BCUT2D eigenvalue weighted by atomic mass is 10.1. The van der Waals surface area contributed by atoms with Crippen LogP contribution in [0.2, 0.25) is 0 Å². The van der Waals surface area contributed by atoms with Crippen molar-refractivity contribution in [2.45, 2.75) is 18.9 Å². The van der Waals surface area contributed by atoms with E-state index < -0.39 is 0 Å². The quantitative estimate of drug-likeness (QED) is 0.530. The Morgan fingerprint density at radius 2 is 1.94 bits per heavy atom. The molecule has 6 nitrogen and oxygen atoms in total. The van der Waals surface area contributed by atoms with Gasteiger partial charge in [-0.2, -0.15) is 0 Å². The zero-order valence-electron chi connectivity index (χ0n) is 16.6. The second kappa shape index (κ2) is 7.88. The van der Waals surface area contributed by atoms with Gasteiger partial charge in [-0.3, -0.25) is 9.59 Å². The lowest BCUT2D eigenvalue weighted by Crippen LogP contribution is -2.31. The number of aromatic nitrogens is 3. The van der Waals surface area contributed by atoms with Crippen molar-refractivity contribution in [2.75, 3.05) is 0 Å². The average Bonchev–Trinajstić information content (AvgIpc) is 3.63. The molecule has 1 saturated carbocycles. The van der Waals surface area contributed by atoms with Gasteiger partial charge in [0.15, 0.2) is 12.4 Å². The lowest BCUT2D eigenvalue weighted by molar-refractivity contribution is -0.378. The molecule has 6 heteroatoms. The summed E-state index contributed by atoms with van der Waals surface area (Å²) < 4.78 is 1.78. The van der Waals surface area contributed by atoms with Crippen molar-refractivity contribution in [2.24, 2.45) is 0 Å².